The van der Waals surface area contributed by atoms with E-state index in [1.54, 1.807) is 0 Å². The van der Waals surface area contributed by atoms with E-state index >= 15 is 0 Å². The Morgan fingerprint density at radius 2 is 2.19 bits per heavy atom. The van der Waals surface area contributed by atoms with E-state index in [2.05, 4.69) is 10.1 Å². The summed E-state index contributed by atoms with van der Waals surface area (Å²) in [5.74, 6) is 5.26. The number of nitrogens with zero attached hydrogens (tertiary/aromatic N) is 1. The molecule has 1 aliphatic heterocycles. The Hall–Kier alpha value is -1.75. The quantitative estimate of drug-likeness (QED) is 0.404. The highest BCUT2D eigenvalue weighted by molar-refractivity contribution is 7.89. The number of hydrogen-bond acceptors (Lipinski definition) is 7. The van der Waals surface area contributed by atoms with E-state index in [0.717, 1.165) is 24.6 Å². The second-order valence-electron chi connectivity index (χ2n) is 4.62. The number of anilines is 1. The summed E-state index contributed by atoms with van der Waals surface area (Å²) in [5, 5.41) is 10.7. The van der Waals surface area contributed by atoms with Crippen LogP contribution in [0.25, 0.3) is 0 Å². The Bertz CT molecular complexity index is 628. The number of sulfonamides is 1. The fourth-order valence-corrected chi connectivity index (χ4v) is 3.50. The minimum atomic E-state index is -3.84. The molecule has 4 N–H and O–H groups in total. The van der Waals surface area contributed by atoms with E-state index in [4.69, 9.17) is 10.6 Å². The van der Waals surface area contributed by atoms with E-state index in [1.807, 2.05) is 0 Å². The Kier molecular flexibility index (Phi) is 4.73. The number of rotatable bonds is 5. The predicted molar refractivity (Wildman–Crippen MR) is 75.1 cm³/mol. The smallest absolute Gasteiger partial charge is 0.271 e. The van der Waals surface area contributed by atoms with Gasteiger partial charge in [-0.3, -0.25) is 16.0 Å². The first-order valence-corrected chi connectivity index (χ1v) is 7.77. The largest absolute Gasteiger partial charge is 0.380 e. The lowest BCUT2D eigenvalue weighted by Gasteiger charge is -2.23. The van der Waals surface area contributed by atoms with E-state index in [-0.39, 0.29) is 22.3 Å². The minimum Gasteiger partial charge on any atom is -0.380 e. The maximum Gasteiger partial charge on any atom is 0.271 e. The Morgan fingerprint density at radius 3 is 2.76 bits per heavy atom. The molecule has 0 radical (unpaired) electrons. The van der Waals surface area contributed by atoms with Crippen LogP contribution >= 0.6 is 0 Å². The standard InChI is InChI=1S/C11H16N4O5S/c12-13-10-6-9(15(16)17)3-4-11(10)21(18,19)14-8-2-1-5-20-7-8/h3-4,6,8,13-14H,1-2,5,7,12H2. The molecule has 21 heavy (non-hydrogen) atoms. The molecule has 2 rings (SSSR count). The highest BCUT2D eigenvalue weighted by atomic mass is 32.2. The van der Waals surface area contributed by atoms with Crippen molar-refractivity contribution in [1.82, 2.24) is 4.72 Å². The number of nitro groups is 1. The second kappa shape index (κ2) is 6.35. The first kappa shape index (κ1) is 15.6. The van der Waals surface area contributed by atoms with Crippen LogP contribution in [0.4, 0.5) is 11.4 Å². The molecule has 1 atom stereocenters. The van der Waals surface area contributed by atoms with Crippen molar-refractivity contribution in [1.29, 1.82) is 0 Å². The molecule has 1 fully saturated rings. The summed E-state index contributed by atoms with van der Waals surface area (Å²) in [5.41, 5.74) is 1.90. The van der Waals surface area contributed by atoms with Crippen LogP contribution in [0.15, 0.2) is 23.1 Å². The molecule has 1 aromatic rings. The summed E-state index contributed by atoms with van der Waals surface area (Å²) < 4.78 is 32.4. The fraction of sp³-hybridized carbons (Fsp3) is 0.455. The maximum atomic E-state index is 12.3. The lowest BCUT2D eigenvalue weighted by Crippen LogP contribution is -2.40. The molecule has 0 aromatic heterocycles. The third-order valence-corrected chi connectivity index (χ3v) is 4.68. The van der Waals surface area contributed by atoms with Gasteiger partial charge in [-0.15, -0.1) is 0 Å². The first-order chi connectivity index (χ1) is 9.94. The zero-order chi connectivity index (χ0) is 15.5. The molecule has 9 nitrogen and oxygen atoms in total. The molecule has 0 amide bonds. The SMILES string of the molecule is NNc1cc([N+](=O)[O-])ccc1S(=O)(=O)NC1CCCOC1. The molecule has 1 aromatic carbocycles. The molecule has 1 saturated heterocycles. The van der Waals surface area contributed by atoms with Gasteiger partial charge in [-0.25, -0.2) is 13.1 Å². The third-order valence-electron chi connectivity index (χ3n) is 3.10. The van der Waals surface area contributed by atoms with Crippen LogP contribution in [0.1, 0.15) is 12.8 Å². The van der Waals surface area contributed by atoms with Gasteiger partial charge in [0.05, 0.1) is 17.2 Å². The van der Waals surface area contributed by atoms with Crippen molar-refractivity contribution in [3.63, 3.8) is 0 Å². The number of nitrogen functional groups attached to an aromatic ring is 1. The van der Waals surface area contributed by atoms with Gasteiger partial charge in [0.1, 0.15) is 4.90 Å². The van der Waals surface area contributed by atoms with Crippen LogP contribution in [-0.4, -0.2) is 32.6 Å². The molecule has 116 valence electrons. The topological polar surface area (TPSA) is 137 Å². The zero-order valence-corrected chi connectivity index (χ0v) is 11.9. The summed E-state index contributed by atoms with van der Waals surface area (Å²) in [6.45, 7) is 0.920. The van der Waals surface area contributed by atoms with Gasteiger partial charge in [-0.1, -0.05) is 0 Å². The molecular formula is C11H16N4O5S. The van der Waals surface area contributed by atoms with Crippen LogP contribution in [0.3, 0.4) is 0 Å². The van der Waals surface area contributed by atoms with Crippen molar-refractivity contribution in [3.05, 3.63) is 28.3 Å². The summed E-state index contributed by atoms with van der Waals surface area (Å²) in [7, 11) is -3.84. The molecule has 0 saturated carbocycles. The van der Waals surface area contributed by atoms with E-state index in [9.17, 15) is 18.5 Å². The molecule has 1 heterocycles. The number of hydrogen-bond donors (Lipinski definition) is 3. The first-order valence-electron chi connectivity index (χ1n) is 6.29. The number of benzene rings is 1. The molecule has 0 aliphatic carbocycles. The van der Waals surface area contributed by atoms with Gasteiger partial charge in [-0.2, -0.15) is 0 Å². The number of nitrogens with one attached hydrogen (secondary N) is 2. The monoisotopic (exact) mass is 316 g/mol. The molecule has 0 bridgehead atoms. The average Bonchev–Trinajstić information content (AvgIpc) is 2.47. The molecular weight excluding hydrogens is 300 g/mol. The van der Waals surface area contributed by atoms with Crippen molar-refractivity contribution in [2.75, 3.05) is 18.6 Å². The zero-order valence-electron chi connectivity index (χ0n) is 11.1. The van der Waals surface area contributed by atoms with E-state index < -0.39 is 14.9 Å². The number of nitrogens with two attached hydrogens (primary N) is 1. The molecule has 1 aliphatic rings. The number of hydrazine groups is 1. The van der Waals surface area contributed by atoms with Gasteiger partial charge < -0.3 is 10.2 Å². The van der Waals surface area contributed by atoms with Crippen LogP contribution < -0.4 is 16.0 Å². The molecule has 1 unspecified atom stereocenters. The number of nitro benzene ring substituents is 1. The summed E-state index contributed by atoms with van der Waals surface area (Å²) in [6, 6.07) is 3.03. The van der Waals surface area contributed by atoms with Gasteiger partial charge in [0.25, 0.3) is 5.69 Å². The summed E-state index contributed by atoms with van der Waals surface area (Å²) in [4.78, 5) is 9.94. The lowest BCUT2D eigenvalue weighted by atomic mass is 10.1. The van der Waals surface area contributed by atoms with Crippen LogP contribution in [0, 0.1) is 10.1 Å². The van der Waals surface area contributed by atoms with Gasteiger partial charge >= 0.3 is 0 Å². The van der Waals surface area contributed by atoms with Crippen molar-refractivity contribution in [2.24, 2.45) is 5.84 Å². The minimum absolute atomic E-state index is 0.0339. The normalized spacial score (nSPS) is 19.2. The lowest BCUT2D eigenvalue weighted by molar-refractivity contribution is -0.384. The molecule has 10 heteroatoms. The van der Waals surface area contributed by atoms with Crippen molar-refractivity contribution in [2.45, 2.75) is 23.8 Å². The van der Waals surface area contributed by atoms with Gasteiger partial charge in [0.15, 0.2) is 0 Å². The number of non-ortho nitro benzene ring substituents is 1. The Morgan fingerprint density at radius 1 is 1.43 bits per heavy atom. The Balaban J connectivity index is 2.28. The van der Waals surface area contributed by atoms with Crippen LogP contribution in [0.2, 0.25) is 0 Å². The maximum absolute atomic E-state index is 12.3. The second-order valence-corrected chi connectivity index (χ2v) is 6.30. The third kappa shape index (κ3) is 3.67. The predicted octanol–water partition coefficient (Wildman–Crippen LogP) is 0.338. The van der Waals surface area contributed by atoms with Gasteiger partial charge in [0, 0.05) is 24.8 Å². The average molecular weight is 316 g/mol. The summed E-state index contributed by atoms with van der Waals surface area (Å²) >= 11 is 0. The van der Waals surface area contributed by atoms with Gasteiger partial charge in [-0.05, 0) is 18.9 Å². The van der Waals surface area contributed by atoms with E-state index in [0.29, 0.717) is 19.6 Å². The van der Waals surface area contributed by atoms with Crippen molar-refractivity contribution in [3.8, 4) is 0 Å². The highest BCUT2D eigenvalue weighted by Crippen LogP contribution is 2.26. The van der Waals surface area contributed by atoms with Crippen molar-refractivity contribution < 1.29 is 18.1 Å². The van der Waals surface area contributed by atoms with Crippen LogP contribution in [0.5, 0.6) is 0 Å². The molecule has 0 spiro atoms. The van der Waals surface area contributed by atoms with E-state index in [1.165, 1.54) is 0 Å². The van der Waals surface area contributed by atoms with Crippen molar-refractivity contribution >= 4 is 21.4 Å². The highest BCUT2D eigenvalue weighted by Gasteiger charge is 2.25. The number of ether oxygens (including phenoxy) is 1. The fourth-order valence-electron chi connectivity index (χ4n) is 2.10. The van der Waals surface area contributed by atoms with Gasteiger partial charge in [0.2, 0.25) is 10.0 Å². The summed E-state index contributed by atoms with van der Waals surface area (Å²) in [6.07, 6.45) is 1.45. The van der Waals surface area contributed by atoms with Crippen LogP contribution in [-0.2, 0) is 14.8 Å². The Labute approximate surface area is 121 Å².